The Morgan fingerprint density at radius 1 is 0.714 bits per heavy atom. The lowest BCUT2D eigenvalue weighted by atomic mass is 9.79. The van der Waals surface area contributed by atoms with Crippen LogP contribution in [0, 0.1) is 0 Å². The second-order valence-corrected chi connectivity index (χ2v) is 9.68. The van der Waals surface area contributed by atoms with Crippen LogP contribution in [0.4, 0.5) is 5.69 Å². The maximum absolute atomic E-state index is 14.2. The molecule has 0 spiro atoms. The van der Waals surface area contributed by atoms with Crippen molar-refractivity contribution in [2.24, 2.45) is 0 Å². The summed E-state index contributed by atoms with van der Waals surface area (Å²) in [5.41, 5.74) is 2.17. The first-order chi connectivity index (χ1) is 20.4. The number of nitrogens with zero attached hydrogens (tertiary/aromatic N) is 1. The van der Waals surface area contributed by atoms with Crippen LogP contribution < -0.4 is 29.0 Å². The number of carbonyl (C=O) groups excluding carboxylic acids is 2. The fourth-order valence-corrected chi connectivity index (χ4v) is 5.24. The second kappa shape index (κ2) is 12.1. The number of benzene rings is 4. The van der Waals surface area contributed by atoms with E-state index in [1.54, 1.807) is 74.7 Å². The van der Waals surface area contributed by atoms with Crippen molar-refractivity contribution in [1.29, 1.82) is 0 Å². The molecule has 0 aromatic heterocycles. The first kappa shape index (κ1) is 28.4. The molecule has 4 aromatic rings. The van der Waals surface area contributed by atoms with E-state index in [2.05, 4.69) is 5.32 Å². The smallest absolute Gasteiger partial charge is 0.254 e. The monoisotopic (exact) mass is 568 g/mol. The molecule has 1 aliphatic rings. The highest BCUT2D eigenvalue weighted by Crippen LogP contribution is 2.47. The Labute approximate surface area is 244 Å². The summed E-state index contributed by atoms with van der Waals surface area (Å²) < 4.78 is 27.8. The summed E-state index contributed by atoms with van der Waals surface area (Å²) in [4.78, 5) is 29.4. The SMILES string of the molecule is COc1ccc([C@@H]2[C@@H](C(=O)Nc3ccc(Oc4ccccc4)cc3)c3cc(OC)c(OC)cc3C(=O)N2C)cc1OC. The Hall–Kier alpha value is -5.18. The van der Waals surface area contributed by atoms with Gasteiger partial charge in [-0.2, -0.15) is 0 Å². The van der Waals surface area contributed by atoms with Crippen LogP contribution in [-0.4, -0.2) is 52.2 Å². The quantitative estimate of drug-likeness (QED) is 0.262. The van der Waals surface area contributed by atoms with Crippen molar-refractivity contribution in [2.75, 3.05) is 40.8 Å². The molecule has 9 heteroatoms. The fraction of sp³-hybridized carbons (Fsp3) is 0.212. The van der Waals surface area contributed by atoms with Crippen molar-refractivity contribution in [3.63, 3.8) is 0 Å². The van der Waals surface area contributed by atoms with E-state index in [1.807, 2.05) is 36.4 Å². The van der Waals surface area contributed by atoms with Gasteiger partial charge in [0, 0.05) is 18.3 Å². The van der Waals surface area contributed by atoms with Crippen LogP contribution in [0.2, 0.25) is 0 Å². The predicted molar refractivity (Wildman–Crippen MR) is 158 cm³/mol. The molecule has 0 bridgehead atoms. The summed E-state index contributed by atoms with van der Waals surface area (Å²) in [5.74, 6) is 1.82. The number of ether oxygens (including phenoxy) is 5. The van der Waals surface area contributed by atoms with Gasteiger partial charge in [-0.1, -0.05) is 24.3 Å². The van der Waals surface area contributed by atoms with E-state index < -0.39 is 12.0 Å². The van der Waals surface area contributed by atoms with Crippen molar-refractivity contribution in [3.05, 3.63) is 102 Å². The lowest BCUT2D eigenvalue weighted by Gasteiger charge is -2.40. The molecule has 216 valence electrons. The molecule has 0 fully saturated rings. The van der Waals surface area contributed by atoms with Crippen LogP contribution in [-0.2, 0) is 4.79 Å². The molecule has 1 aliphatic heterocycles. The van der Waals surface area contributed by atoms with Crippen LogP contribution >= 0.6 is 0 Å². The zero-order valence-corrected chi connectivity index (χ0v) is 24.0. The molecule has 1 heterocycles. The molecule has 4 aromatic carbocycles. The van der Waals surface area contributed by atoms with E-state index in [-0.39, 0.29) is 11.8 Å². The van der Waals surface area contributed by atoms with Gasteiger partial charge in [0.05, 0.1) is 40.4 Å². The van der Waals surface area contributed by atoms with E-state index in [0.29, 0.717) is 56.9 Å². The maximum Gasteiger partial charge on any atom is 0.254 e. The van der Waals surface area contributed by atoms with Gasteiger partial charge in [0.1, 0.15) is 11.5 Å². The number of hydrogen-bond acceptors (Lipinski definition) is 7. The van der Waals surface area contributed by atoms with E-state index in [4.69, 9.17) is 23.7 Å². The van der Waals surface area contributed by atoms with Crippen molar-refractivity contribution in [2.45, 2.75) is 12.0 Å². The summed E-state index contributed by atoms with van der Waals surface area (Å²) >= 11 is 0. The third kappa shape index (κ3) is 5.41. The number of nitrogens with one attached hydrogen (secondary N) is 1. The van der Waals surface area contributed by atoms with E-state index in [9.17, 15) is 9.59 Å². The van der Waals surface area contributed by atoms with Crippen LogP contribution in [0.3, 0.4) is 0 Å². The standard InChI is InChI=1S/C33H32N2O7/c1-35-31(20-11-16-26(38-2)27(17-20)39-3)30(24-18-28(40-4)29(41-5)19-25(24)33(35)37)32(36)34-21-12-14-23(15-13-21)42-22-9-7-6-8-10-22/h6-19,30-31H,1-5H3,(H,34,36)/t30-,31+/m0/s1. The summed E-state index contributed by atoms with van der Waals surface area (Å²) in [6.45, 7) is 0. The molecule has 5 rings (SSSR count). The first-order valence-electron chi connectivity index (χ1n) is 13.3. The molecule has 2 atom stereocenters. The average Bonchev–Trinajstić information content (AvgIpc) is 3.03. The van der Waals surface area contributed by atoms with Gasteiger partial charge >= 0.3 is 0 Å². The van der Waals surface area contributed by atoms with Gasteiger partial charge in [-0.05, 0) is 71.8 Å². The van der Waals surface area contributed by atoms with Crippen molar-refractivity contribution >= 4 is 17.5 Å². The topological polar surface area (TPSA) is 95.6 Å². The number of likely N-dealkylation sites (N-methyl/N-ethyl adjacent to an activating group) is 1. The second-order valence-electron chi connectivity index (χ2n) is 9.68. The van der Waals surface area contributed by atoms with Gasteiger partial charge in [0.25, 0.3) is 5.91 Å². The molecule has 0 saturated heterocycles. The average molecular weight is 569 g/mol. The van der Waals surface area contributed by atoms with E-state index in [1.165, 1.54) is 14.2 Å². The lowest BCUT2D eigenvalue weighted by Crippen LogP contribution is -2.44. The minimum absolute atomic E-state index is 0.253. The highest BCUT2D eigenvalue weighted by atomic mass is 16.5. The Balaban J connectivity index is 1.55. The first-order valence-corrected chi connectivity index (χ1v) is 13.3. The summed E-state index contributed by atoms with van der Waals surface area (Å²) in [7, 11) is 7.79. The maximum atomic E-state index is 14.2. The van der Waals surface area contributed by atoms with Gasteiger partial charge in [-0.15, -0.1) is 0 Å². The fourth-order valence-electron chi connectivity index (χ4n) is 5.24. The van der Waals surface area contributed by atoms with Crippen molar-refractivity contribution < 1.29 is 33.3 Å². The molecular formula is C33H32N2O7. The summed E-state index contributed by atoms with van der Waals surface area (Å²) in [6.07, 6.45) is 0. The molecule has 2 amide bonds. The van der Waals surface area contributed by atoms with Crippen LogP contribution in [0.15, 0.2) is 84.9 Å². The van der Waals surface area contributed by atoms with E-state index >= 15 is 0 Å². The van der Waals surface area contributed by atoms with Gasteiger partial charge in [0.2, 0.25) is 5.91 Å². The number of rotatable bonds is 9. The highest BCUT2D eigenvalue weighted by molar-refractivity contribution is 6.05. The largest absolute Gasteiger partial charge is 0.493 e. The Morgan fingerprint density at radius 3 is 1.95 bits per heavy atom. The van der Waals surface area contributed by atoms with Crippen molar-refractivity contribution in [1.82, 2.24) is 4.90 Å². The molecule has 1 N–H and O–H groups in total. The number of methoxy groups -OCH3 is 4. The van der Waals surface area contributed by atoms with Gasteiger partial charge in [0.15, 0.2) is 23.0 Å². The lowest BCUT2D eigenvalue weighted by molar-refractivity contribution is -0.119. The number of para-hydroxylation sites is 1. The van der Waals surface area contributed by atoms with Gasteiger partial charge in [-0.25, -0.2) is 0 Å². The third-order valence-electron chi connectivity index (χ3n) is 7.31. The minimum atomic E-state index is -0.805. The molecule has 9 nitrogen and oxygen atoms in total. The van der Waals surface area contributed by atoms with Gasteiger partial charge in [-0.3, -0.25) is 9.59 Å². The summed E-state index contributed by atoms with van der Waals surface area (Å²) in [5, 5.41) is 3.04. The zero-order valence-electron chi connectivity index (χ0n) is 24.0. The Morgan fingerprint density at radius 2 is 1.31 bits per heavy atom. The summed E-state index contributed by atoms with van der Waals surface area (Å²) in [6, 6.07) is 24.6. The van der Waals surface area contributed by atoms with E-state index in [0.717, 1.165) is 0 Å². The molecule has 42 heavy (non-hydrogen) atoms. The molecule has 0 aliphatic carbocycles. The third-order valence-corrected chi connectivity index (χ3v) is 7.31. The Kier molecular flexibility index (Phi) is 8.19. The molecule has 0 saturated carbocycles. The molecular weight excluding hydrogens is 536 g/mol. The van der Waals surface area contributed by atoms with Crippen LogP contribution in [0.5, 0.6) is 34.5 Å². The Bertz CT molecular complexity index is 1590. The van der Waals surface area contributed by atoms with Gasteiger partial charge < -0.3 is 33.9 Å². The van der Waals surface area contributed by atoms with Crippen molar-refractivity contribution in [3.8, 4) is 34.5 Å². The normalized spacial score (nSPS) is 15.8. The number of fused-ring (bicyclic) bond motifs is 1. The van der Waals surface area contributed by atoms with Crippen LogP contribution in [0.1, 0.15) is 33.4 Å². The minimum Gasteiger partial charge on any atom is -0.493 e. The van der Waals surface area contributed by atoms with Crippen LogP contribution in [0.25, 0.3) is 0 Å². The number of amides is 2. The predicted octanol–water partition coefficient (Wildman–Crippen LogP) is 6.06. The number of carbonyl (C=O) groups is 2. The number of hydrogen-bond donors (Lipinski definition) is 1. The zero-order chi connectivity index (χ0) is 29.8. The highest BCUT2D eigenvalue weighted by Gasteiger charge is 2.44. The molecule has 0 unspecified atom stereocenters. The number of anilines is 1. The molecule has 0 radical (unpaired) electrons.